The van der Waals surface area contributed by atoms with Crippen LogP contribution in [-0.4, -0.2) is 52.9 Å². The quantitative estimate of drug-likeness (QED) is 0.819. The highest BCUT2D eigenvalue weighted by Crippen LogP contribution is 2.22. The monoisotopic (exact) mass is 353 g/mol. The minimum absolute atomic E-state index is 0. The number of carbonyl (C=O) groups excluding carboxylic acids is 1. The van der Waals surface area contributed by atoms with Crippen LogP contribution < -0.4 is 0 Å². The molecule has 0 bridgehead atoms. The van der Waals surface area contributed by atoms with E-state index in [0.29, 0.717) is 11.6 Å². The Kier molecular flexibility index (Phi) is 5.76. The van der Waals surface area contributed by atoms with Gasteiger partial charge in [-0.2, -0.15) is 0 Å². The summed E-state index contributed by atoms with van der Waals surface area (Å²) in [6.45, 7) is 4.22. The number of aromatic nitrogens is 1. The van der Waals surface area contributed by atoms with Gasteiger partial charge in [0, 0.05) is 36.0 Å². The lowest BCUT2D eigenvalue weighted by molar-refractivity contribution is 0.0644. The summed E-state index contributed by atoms with van der Waals surface area (Å²) in [4.78, 5) is 21.1. The molecule has 0 unspecified atom stereocenters. The zero-order chi connectivity index (χ0) is 13.9. The molecule has 0 radical (unpaired) electrons. The summed E-state index contributed by atoms with van der Waals surface area (Å²) in [5.41, 5.74) is 0.680. The fourth-order valence-corrected chi connectivity index (χ4v) is 3.62. The Hall–Kier alpha value is -0.940. The van der Waals surface area contributed by atoms with E-state index in [0.717, 1.165) is 30.4 Å². The van der Waals surface area contributed by atoms with Gasteiger partial charge >= 0.3 is 0 Å². The molecule has 1 amide bonds. The molecule has 21 heavy (non-hydrogen) atoms. The predicted molar refractivity (Wildman–Crippen MR) is 88.4 cm³/mol. The molecular formula is C16H24BrN3O. The minimum Gasteiger partial charge on any atom is -0.338 e. The molecule has 1 aromatic rings. The Bertz CT molecular complexity index is 480. The first kappa shape index (κ1) is 16.4. The van der Waals surface area contributed by atoms with Gasteiger partial charge in [0.25, 0.3) is 5.91 Å². The van der Waals surface area contributed by atoms with Crippen molar-refractivity contribution in [1.82, 2.24) is 14.8 Å². The molecule has 0 saturated carbocycles. The third-order valence-electron chi connectivity index (χ3n) is 4.36. The molecule has 2 aliphatic rings. The lowest BCUT2D eigenvalue weighted by Gasteiger charge is -2.36. The van der Waals surface area contributed by atoms with Gasteiger partial charge in [0.05, 0.1) is 5.56 Å². The first-order chi connectivity index (χ1) is 9.74. The number of pyridine rings is 1. The molecule has 0 N–H and O–H groups in total. The van der Waals surface area contributed by atoms with E-state index in [2.05, 4.69) is 25.8 Å². The second-order valence-electron chi connectivity index (χ2n) is 5.66. The van der Waals surface area contributed by atoms with Crippen LogP contribution in [0.15, 0.2) is 22.9 Å². The van der Waals surface area contributed by atoms with E-state index in [4.69, 9.17) is 0 Å². The summed E-state index contributed by atoms with van der Waals surface area (Å²) in [6, 6.07) is 2.53. The van der Waals surface area contributed by atoms with Crippen LogP contribution in [0, 0.1) is 0 Å². The number of likely N-dealkylation sites (tertiary alicyclic amines) is 2. The van der Waals surface area contributed by atoms with Crippen LogP contribution in [0.25, 0.3) is 0 Å². The molecule has 0 atom stereocenters. The average Bonchev–Trinajstić information content (AvgIpc) is 3.01. The van der Waals surface area contributed by atoms with Gasteiger partial charge in [0.2, 0.25) is 0 Å². The molecule has 116 valence electrons. The summed E-state index contributed by atoms with van der Waals surface area (Å²) in [7, 11) is 0. The van der Waals surface area contributed by atoms with Crippen LogP contribution in [0.5, 0.6) is 0 Å². The summed E-state index contributed by atoms with van der Waals surface area (Å²) in [5, 5.41) is 0. The highest BCUT2D eigenvalue weighted by atomic mass is 79.9. The van der Waals surface area contributed by atoms with Crippen molar-refractivity contribution in [3.8, 4) is 0 Å². The van der Waals surface area contributed by atoms with Gasteiger partial charge in [-0.05, 0) is 60.8 Å². The summed E-state index contributed by atoms with van der Waals surface area (Å²) >= 11 is 3.37. The maximum atomic E-state index is 12.4. The van der Waals surface area contributed by atoms with Crippen LogP contribution in [0.2, 0.25) is 0 Å². The third-order valence-corrected chi connectivity index (χ3v) is 4.79. The molecule has 4 nitrogen and oxygen atoms in total. The molecule has 3 heterocycles. The van der Waals surface area contributed by atoms with Gasteiger partial charge in [-0.15, -0.1) is 0 Å². The van der Waals surface area contributed by atoms with E-state index in [-0.39, 0.29) is 13.3 Å². The van der Waals surface area contributed by atoms with Crippen LogP contribution in [0.4, 0.5) is 0 Å². The van der Waals surface area contributed by atoms with E-state index >= 15 is 0 Å². The molecule has 5 heteroatoms. The third kappa shape index (κ3) is 3.83. The lowest BCUT2D eigenvalue weighted by atomic mass is 10.0. The van der Waals surface area contributed by atoms with Crippen molar-refractivity contribution in [2.45, 2.75) is 39.2 Å². The van der Waals surface area contributed by atoms with Crippen LogP contribution in [0.1, 0.15) is 43.5 Å². The number of halogens is 1. The molecule has 0 aliphatic carbocycles. The smallest absolute Gasteiger partial charge is 0.255 e. The summed E-state index contributed by atoms with van der Waals surface area (Å²) in [6.07, 6.45) is 8.24. The van der Waals surface area contributed by atoms with E-state index in [1.807, 2.05) is 11.0 Å². The second kappa shape index (κ2) is 7.36. The first-order valence-corrected chi connectivity index (χ1v) is 8.17. The van der Waals surface area contributed by atoms with E-state index < -0.39 is 0 Å². The van der Waals surface area contributed by atoms with Crippen molar-refractivity contribution in [2.75, 3.05) is 26.2 Å². The zero-order valence-corrected chi connectivity index (χ0v) is 13.2. The van der Waals surface area contributed by atoms with Crippen LogP contribution in [0.3, 0.4) is 0 Å². The Morgan fingerprint density at radius 2 is 1.81 bits per heavy atom. The largest absolute Gasteiger partial charge is 0.338 e. The van der Waals surface area contributed by atoms with E-state index in [1.165, 1.54) is 25.9 Å². The van der Waals surface area contributed by atoms with Gasteiger partial charge in [0.15, 0.2) is 0 Å². The lowest BCUT2D eigenvalue weighted by Crippen LogP contribution is -2.45. The van der Waals surface area contributed by atoms with Gasteiger partial charge < -0.3 is 9.80 Å². The number of piperidine rings is 1. The maximum absolute atomic E-state index is 12.4. The SMILES string of the molecule is C.O=C(c1cncc(Br)c1)N1CCC(N2CCCC2)CC1. The number of rotatable bonds is 2. The molecule has 2 saturated heterocycles. The Labute approximate surface area is 135 Å². The number of nitrogens with zero attached hydrogens (tertiary/aromatic N) is 3. The van der Waals surface area contributed by atoms with E-state index in [9.17, 15) is 4.79 Å². The van der Waals surface area contributed by atoms with Gasteiger partial charge in [-0.3, -0.25) is 9.78 Å². The topological polar surface area (TPSA) is 36.4 Å². The highest BCUT2D eigenvalue weighted by molar-refractivity contribution is 9.10. The van der Waals surface area contributed by atoms with Gasteiger partial charge in [-0.25, -0.2) is 0 Å². The number of carbonyl (C=O) groups is 1. The van der Waals surface area contributed by atoms with Crippen LogP contribution in [-0.2, 0) is 0 Å². The van der Waals surface area contributed by atoms with Crippen LogP contribution >= 0.6 is 15.9 Å². The summed E-state index contributed by atoms with van der Waals surface area (Å²) in [5.74, 6) is 0.110. The Balaban J connectivity index is 0.00000161. The Morgan fingerprint density at radius 1 is 1.14 bits per heavy atom. The van der Waals surface area contributed by atoms with E-state index in [1.54, 1.807) is 12.4 Å². The second-order valence-corrected chi connectivity index (χ2v) is 6.57. The average molecular weight is 354 g/mol. The highest BCUT2D eigenvalue weighted by Gasteiger charge is 2.28. The first-order valence-electron chi connectivity index (χ1n) is 7.38. The maximum Gasteiger partial charge on any atom is 0.255 e. The van der Waals surface area contributed by atoms with Crippen molar-refractivity contribution >= 4 is 21.8 Å². The molecule has 0 spiro atoms. The van der Waals surface area contributed by atoms with Crippen molar-refractivity contribution < 1.29 is 4.79 Å². The van der Waals surface area contributed by atoms with Crippen molar-refractivity contribution in [3.63, 3.8) is 0 Å². The molecule has 2 fully saturated rings. The van der Waals surface area contributed by atoms with Gasteiger partial charge in [-0.1, -0.05) is 7.43 Å². The fourth-order valence-electron chi connectivity index (χ4n) is 3.25. The summed E-state index contributed by atoms with van der Waals surface area (Å²) < 4.78 is 0.857. The van der Waals surface area contributed by atoms with Crippen molar-refractivity contribution in [3.05, 3.63) is 28.5 Å². The predicted octanol–water partition coefficient (Wildman–Crippen LogP) is 3.18. The Morgan fingerprint density at radius 3 is 2.43 bits per heavy atom. The molecular weight excluding hydrogens is 330 g/mol. The number of amides is 1. The van der Waals surface area contributed by atoms with Crippen molar-refractivity contribution in [2.24, 2.45) is 0 Å². The normalized spacial score (nSPS) is 20.3. The molecule has 2 aliphatic heterocycles. The minimum atomic E-state index is 0. The number of hydrogen-bond donors (Lipinski definition) is 0. The standard InChI is InChI=1S/C15H20BrN3O.CH4/c16-13-9-12(10-17-11-13)15(20)19-7-3-14(4-8-19)18-5-1-2-6-18;/h9-11,14H,1-8H2;1H4. The number of hydrogen-bond acceptors (Lipinski definition) is 3. The zero-order valence-electron chi connectivity index (χ0n) is 11.6. The van der Waals surface area contributed by atoms with Crippen molar-refractivity contribution in [1.29, 1.82) is 0 Å². The van der Waals surface area contributed by atoms with Gasteiger partial charge in [0.1, 0.15) is 0 Å². The fraction of sp³-hybridized carbons (Fsp3) is 0.625. The molecule has 3 rings (SSSR count). The molecule has 1 aromatic heterocycles. The molecule has 0 aromatic carbocycles.